The van der Waals surface area contributed by atoms with Crippen LogP contribution in [0.4, 0.5) is 5.82 Å². The van der Waals surface area contributed by atoms with Gasteiger partial charge in [-0.25, -0.2) is 14.3 Å². The van der Waals surface area contributed by atoms with Gasteiger partial charge in [-0.15, -0.1) is 0 Å². The van der Waals surface area contributed by atoms with Crippen LogP contribution in [0.3, 0.4) is 0 Å². The smallest absolute Gasteiger partial charge is 0.340 e. The number of rotatable bonds is 6. The Labute approximate surface area is 154 Å². The summed E-state index contributed by atoms with van der Waals surface area (Å²) in [5.41, 5.74) is 3.34. The fourth-order valence-corrected chi connectivity index (χ4v) is 3.19. The Morgan fingerprint density at radius 2 is 2.12 bits per heavy atom. The maximum Gasteiger partial charge on any atom is 0.340 e. The Kier molecular flexibility index (Phi) is 5.33. The van der Waals surface area contributed by atoms with Gasteiger partial charge in [-0.1, -0.05) is 41.1 Å². The number of nitrogens with one attached hydrogen (secondary N) is 1. The lowest BCUT2D eigenvalue weighted by molar-refractivity contribution is 0.0525. The van der Waals surface area contributed by atoms with Crippen LogP contribution < -0.4 is 5.32 Å². The molecule has 3 aromatic rings. The molecule has 25 heavy (non-hydrogen) atoms. The first-order valence-corrected chi connectivity index (χ1v) is 8.94. The molecule has 0 unspecified atom stereocenters. The van der Waals surface area contributed by atoms with E-state index in [4.69, 9.17) is 4.74 Å². The first-order valence-electron chi connectivity index (χ1n) is 8.15. The number of nitrogens with zero attached hydrogens (tertiary/aromatic N) is 3. The van der Waals surface area contributed by atoms with Gasteiger partial charge in [0.15, 0.2) is 5.82 Å². The number of anilines is 1. The summed E-state index contributed by atoms with van der Waals surface area (Å²) in [6.07, 6.45) is 3.86. The molecule has 0 aliphatic heterocycles. The molecule has 130 valence electrons. The van der Waals surface area contributed by atoms with Crippen LogP contribution in [0.5, 0.6) is 0 Å². The van der Waals surface area contributed by atoms with Crippen molar-refractivity contribution in [2.45, 2.75) is 26.8 Å². The highest BCUT2D eigenvalue weighted by Gasteiger charge is 2.20. The summed E-state index contributed by atoms with van der Waals surface area (Å²) in [7, 11) is 0. The van der Waals surface area contributed by atoms with Crippen molar-refractivity contribution >= 4 is 33.2 Å². The average molecular weight is 403 g/mol. The Morgan fingerprint density at radius 3 is 2.84 bits per heavy atom. The highest BCUT2D eigenvalue weighted by molar-refractivity contribution is 9.10. The molecule has 0 spiro atoms. The van der Waals surface area contributed by atoms with Gasteiger partial charge < -0.3 is 10.1 Å². The maximum absolute atomic E-state index is 12.2. The first-order chi connectivity index (χ1) is 12.2. The second kappa shape index (κ2) is 7.65. The molecule has 1 aromatic carbocycles. The zero-order chi connectivity index (χ0) is 17.8. The molecule has 0 fully saturated rings. The summed E-state index contributed by atoms with van der Waals surface area (Å²) in [6.45, 7) is 4.75. The minimum atomic E-state index is -0.332. The molecule has 7 heteroatoms. The topological polar surface area (TPSA) is 68.5 Å². The molecule has 6 nitrogen and oxygen atoms in total. The highest BCUT2D eigenvalue weighted by atomic mass is 79.9. The molecule has 2 heterocycles. The maximum atomic E-state index is 12.2. The Balaban J connectivity index is 1.98. The van der Waals surface area contributed by atoms with Gasteiger partial charge in [0.25, 0.3) is 0 Å². The molecule has 0 atom stereocenters. The molecular weight excluding hydrogens is 384 g/mol. The summed E-state index contributed by atoms with van der Waals surface area (Å²) in [4.78, 5) is 16.6. The summed E-state index contributed by atoms with van der Waals surface area (Å²) in [5, 5.41) is 7.58. The third-order valence-corrected chi connectivity index (χ3v) is 4.71. The quantitative estimate of drug-likeness (QED) is 0.634. The second-order valence-electron chi connectivity index (χ2n) is 5.44. The van der Waals surface area contributed by atoms with Crippen LogP contribution in [0.25, 0.3) is 5.52 Å². The van der Waals surface area contributed by atoms with Gasteiger partial charge in [-0.3, -0.25) is 0 Å². The van der Waals surface area contributed by atoms with Crippen LogP contribution in [0, 0.1) is 0 Å². The lowest BCUT2D eigenvalue weighted by atomic mass is 10.1. The molecule has 0 radical (unpaired) electrons. The molecule has 0 saturated heterocycles. The number of hydrogen-bond donors (Lipinski definition) is 1. The first kappa shape index (κ1) is 17.4. The van der Waals surface area contributed by atoms with E-state index in [1.807, 2.05) is 31.2 Å². The van der Waals surface area contributed by atoms with Crippen LogP contribution in [0.2, 0.25) is 0 Å². The largest absolute Gasteiger partial charge is 0.462 e. The van der Waals surface area contributed by atoms with Crippen LogP contribution in [0.15, 0.2) is 41.3 Å². The van der Waals surface area contributed by atoms with Gasteiger partial charge in [0.2, 0.25) is 0 Å². The average Bonchev–Trinajstić information content (AvgIpc) is 3.00. The molecule has 3 rings (SSSR count). The van der Waals surface area contributed by atoms with Crippen molar-refractivity contribution in [1.29, 1.82) is 0 Å². The van der Waals surface area contributed by atoms with Crippen molar-refractivity contribution < 1.29 is 9.53 Å². The predicted molar refractivity (Wildman–Crippen MR) is 99.8 cm³/mol. The number of carbonyl (C=O) groups excluding carboxylic acids is 1. The SMILES string of the molecule is CCOC(=O)c1cn2ncnc(NCc3ccccc3Br)c2c1CC. The van der Waals surface area contributed by atoms with E-state index in [-0.39, 0.29) is 5.97 Å². The van der Waals surface area contributed by atoms with E-state index in [2.05, 4.69) is 31.3 Å². The Hall–Kier alpha value is -2.41. The van der Waals surface area contributed by atoms with Gasteiger partial charge in [0.1, 0.15) is 11.8 Å². The van der Waals surface area contributed by atoms with E-state index in [0.717, 1.165) is 21.1 Å². The number of ether oxygens (including phenoxy) is 1. The normalized spacial score (nSPS) is 10.8. The molecule has 0 bridgehead atoms. The van der Waals surface area contributed by atoms with Crippen molar-refractivity contribution in [1.82, 2.24) is 14.6 Å². The van der Waals surface area contributed by atoms with Gasteiger partial charge in [-0.2, -0.15) is 5.10 Å². The zero-order valence-corrected chi connectivity index (χ0v) is 15.7. The van der Waals surface area contributed by atoms with Gasteiger partial charge in [0, 0.05) is 17.2 Å². The van der Waals surface area contributed by atoms with Crippen molar-refractivity contribution in [2.24, 2.45) is 0 Å². The number of fused-ring (bicyclic) bond motifs is 1. The third kappa shape index (κ3) is 3.51. The number of halogens is 1. The molecule has 0 aliphatic carbocycles. The Morgan fingerprint density at radius 1 is 1.32 bits per heavy atom. The summed E-state index contributed by atoms with van der Waals surface area (Å²) in [5.74, 6) is 0.361. The monoisotopic (exact) mass is 402 g/mol. The van der Waals surface area contributed by atoms with E-state index in [1.54, 1.807) is 17.6 Å². The van der Waals surface area contributed by atoms with Gasteiger partial charge >= 0.3 is 5.97 Å². The molecule has 1 N–H and O–H groups in total. The van der Waals surface area contributed by atoms with E-state index < -0.39 is 0 Å². The second-order valence-corrected chi connectivity index (χ2v) is 6.30. The number of aromatic nitrogens is 3. The number of benzene rings is 1. The number of aryl methyl sites for hydroxylation is 1. The van der Waals surface area contributed by atoms with Crippen molar-refractivity contribution in [2.75, 3.05) is 11.9 Å². The minimum absolute atomic E-state index is 0.332. The van der Waals surface area contributed by atoms with Gasteiger partial charge in [0.05, 0.1) is 12.2 Å². The van der Waals surface area contributed by atoms with E-state index in [1.165, 1.54) is 6.33 Å². The molecule has 0 aliphatic rings. The molecule has 0 amide bonds. The number of esters is 1. The van der Waals surface area contributed by atoms with Crippen molar-refractivity contribution in [3.05, 3.63) is 58.0 Å². The van der Waals surface area contributed by atoms with Crippen LogP contribution >= 0.6 is 15.9 Å². The lowest BCUT2D eigenvalue weighted by Gasteiger charge is -2.10. The predicted octanol–water partition coefficient (Wildman–Crippen LogP) is 3.84. The standard InChI is InChI=1S/C18H19BrN4O2/c1-3-13-14(18(24)25-4-2)10-23-16(13)17(21-11-22-23)20-9-12-7-5-6-8-15(12)19/h5-8,10-11H,3-4,9H2,1-2H3,(H,20,21,22). The van der Waals surface area contributed by atoms with Crippen molar-refractivity contribution in [3.8, 4) is 0 Å². The van der Waals surface area contributed by atoms with E-state index in [0.29, 0.717) is 31.0 Å². The third-order valence-electron chi connectivity index (χ3n) is 3.93. The summed E-state index contributed by atoms with van der Waals surface area (Å²) < 4.78 is 7.87. The van der Waals surface area contributed by atoms with Crippen molar-refractivity contribution in [3.63, 3.8) is 0 Å². The van der Waals surface area contributed by atoms with Crippen LogP contribution in [-0.2, 0) is 17.7 Å². The van der Waals surface area contributed by atoms with Crippen LogP contribution in [-0.4, -0.2) is 27.2 Å². The Bertz CT molecular complexity index is 907. The minimum Gasteiger partial charge on any atom is -0.462 e. The fraction of sp³-hybridized carbons (Fsp3) is 0.278. The zero-order valence-electron chi connectivity index (χ0n) is 14.1. The molecule has 2 aromatic heterocycles. The number of carbonyl (C=O) groups is 1. The molecular formula is C18H19BrN4O2. The van der Waals surface area contributed by atoms with Gasteiger partial charge in [-0.05, 0) is 30.5 Å². The van der Waals surface area contributed by atoms with E-state index in [9.17, 15) is 4.79 Å². The summed E-state index contributed by atoms with van der Waals surface area (Å²) in [6, 6.07) is 8.01. The number of hydrogen-bond acceptors (Lipinski definition) is 5. The van der Waals surface area contributed by atoms with E-state index >= 15 is 0 Å². The lowest BCUT2D eigenvalue weighted by Crippen LogP contribution is -2.07. The highest BCUT2D eigenvalue weighted by Crippen LogP contribution is 2.26. The van der Waals surface area contributed by atoms with Crippen LogP contribution in [0.1, 0.15) is 35.3 Å². The fourth-order valence-electron chi connectivity index (χ4n) is 2.77. The summed E-state index contributed by atoms with van der Waals surface area (Å²) >= 11 is 3.55. The molecule has 0 saturated carbocycles.